The molecule has 0 aromatic heterocycles. The topological polar surface area (TPSA) is 24.1 Å². The molecular formula is C44H62N2P2. The summed E-state index contributed by atoms with van der Waals surface area (Å²) in [6.45, 7) is 2.35. The molecule has 3 atom stereocenters. The molecule has 0 spiro atoms. The van der Waals surface area contributed by atoms with Gasteiger partial charge in [-0.2, -0.15) is 0 Å². The third-order valence-electron chi connectivity index (χ3n) is 15.9. The maximum Gasteiger partial charge on any atom is 0.0405 e. The highest BCUT2D eigenvalue weighted by Crippen LogP contribution is 2.80. The first-order chi connectivity index (χ1) is 23.5. The van der Waals surface area contributed by atoms with Crippen LogP contribution in [0, 0.1) is 35.5 Å². The van der Waals surface area contributed by atoms with E-state index in [9.17, 15) is 0 Å². The molecule has 2 aliphatic heterocycles. The van der Waals surface area contributed by atoms with Crippen molar-refractivity contribution in [3.8, 4) is 11.1 Å². The van der Waals surface area contributed by atoms with Crippen LogP contribution in [-0.2, 0) is 11.3 Å². The van der Waals surface area contributed by atoms with E-state index in [0.717, 1.165) is 35.5 Å². The highest BCUT2D eigenvalue weighted by Gasteiger charge is 2.62. The lowest BCUT2D eigenvalue weighted by Gasteiger charge is -2.67. The molecule has 2 N–H and O–H groups in total. The molecule has 10 fully saturated rings. The zero-order chi connectivity index (χ0) is 31.9. The van der Waals surface area contributed by atoms with Crippen LogP contribution in [0.1, 0.15) is 127 Å². The second-order valence-electron chi connectivity index (χ2n) is 19.0. The lowest BCUT2D eigenvalue weighted by Crippen LogP contribution is -2.59. The summed E-state index contributed by atoms with van der Waals surface area (Å²) in [6, 6.07) is 20.4. The molecule has 0 amide bonds. The first-order valence-corrected chi connectivity index (χ1v) is 22.8. The Labute approximate surface area is 295 Å². The zero-order valence-electron chi connectivity index (χ0n) is 29.6. The van der Waals surface area contributed by atoms with Crippen molar-refractivity contribution in [3.05, 3.63) is 59.7 Å². The van der Waals surface area contributed by atoms with Gasteiger partial charge in [-0.15, -0.1) is 9.24 Å². The summed E-state index contributed by atoms with van der Waals surface area (Å²) in [6.07, 6.45) is 28.5. The van der Waals surface area contributed by atoms with Crippen molar-refractivity contribution in [2.45, 2.75) is 149 Å². The summed E-state index contributed by atoms with van der Waals surface area (Å²) < 4.78 is 0. The van der Waals surface area contributed by atoms with Gasteiger partial charge in [0.15, 0.2) is 0 Å². The van der Waals surface area contributed by atoms with Gasteiger partial charge in [0.05, 0.1) is 0 Å². The van der Waals surface area contributed by atoms with E-state index in [4.69, 9.17) is 0 Å². The van der Waals surface area contributed by atoms with E-state index in [2.05, 4.69) is 68.4 Å². The van der Waals surface area contributed by atoms with E-state index in [-0.39, 0.29) is 13.1 Å². The molecule has 12 rings (SSSR count). The SMILES string of the molecule is PC(c1cc(-c2ccccc2)ccc1CP(C12CC3CC(CC(C3)C1)C2)C12CC3CC(CC(C3)C1)C2)(C1CCCCN1)C1CCCCN1. The van der Waals surface area contributed by atoms with E-state index < -0.39 is 0 Å². The molecule has 4 heteroatoms. The van der Waals surface area contributed by atoms with Crippen molar-refractivity contribution in [3.63, 3.8) is 0 Å². The van der Waals surface area contributed by atoms with Crippen molar-refractivity contribution in [1.82, 2.24) is 10.6 Å². The highest BCUT2D eigenvalue weighted by atomic mass is 31.1. The fourth-order valence-corrected chi connectivity index (χ4v) is 20.9. The van der Waals surface area contributed by atoms with Crippen molar-refractivity contribution in [2.75, 3.05) is 13.1 Å². The molecule has 258 valence electrons. The van der Waals surface area contributed by atoms with Crippen LogP contribution in [0.3, 0.4) is 0 Å². The van der Waals surface area contributed by atoms with Crippen LogP contribution < -0.4 is 10.6 Å². The molecule has 8 bridgehead atoms. The minimum atomic E-state index is -0.0973. The van der Waals surface area contributed by atoms with Crippen LogP contribution >= 0.6 is 17.2 Å². The number of benzene rings is 2. The summed E-state index contributed by atoms with van der Waals surface area (Å²) in [7, 11) is 3.54. The third kappa shape index (κ3) is 5.38. The van der Waals surface area contributed by atoms with Gasteiger partial charge < -0.3 is 10.6 Å². The fourth-order valence-electron chi connectivity index (χ4n) is 14.9. The average molecular weight is 681 g/mol. The monoisotopic (exact) mass is 680 g/mol. The molecular weight excluding hydrogens is 618 g/mol. The molecule has 10 aliphatic rings. The number of nitrogens with one attached hydrogen (secondary N) is 2. The standard InChI is InChI=1S/C44H62N2P2/c47-44(40-10-4-6-14-45-40,41-11-5-7-15-46-41)39-22-37(36-8-2-1-3-9-36)12-13-38(39)29-48(42-23-30-16-31(24-42)18-32(17-30)25-42)43-26-33-19-34(27-43)21-35(20-33)28-43/h1-3,8-9,12-13,22,30-35,40-41,45-46H,4-7,10-11,14-21,23-29,47H2. The first kappa shape index (κ1) is 31.9. The molecule has 8 saturated carbocycles. The Morgan fingerprint density at radius 3 is 1.52 bits per heavy atom. The van der Waals surface area contributed by atoms with Crippen LogP contribution in [0.2, 0.25) is 0 Å². The Kier molecular flexibility index (Phi) is 8.26. The Morgan fingerprint density at radius 2 is 1.08 bits per heavy atom. The maximum absolute atomic E-state index is 4.16. The minimum absolute atomic E-state index is 0.0188. The van der Waals surface area contributed by atoms with Gasteiger partial charge in [-0.25, -0.2) is 0 Å². The van der Waals surface area contributed by atoms with Gasteiger partial charge in [-0.05, 0) is 196 Å². The highest BCUT2D eigenvalue weighted by molar-refractivity contribution is 7.60. The lowest BCUT2D eigenvalue weighted by molar-refractivity contribution is 0.0184. The quantitative estimate of drug-likeness (QED) is 0.271. The van der Waals surface area contributed by atoms with Gasteiger partial charge in [0.25, 0.3) is 0 Å². The third-order valence-corrected chi connectivity index (χ3v) is 21.1. The Hall–Kier alpha value is -0.780. The number of hydrogen-bond donors (Lipinski definition) is 2. The summed E-state index contributed by atoms with van der Waals surface area (Å²) in [5, 5.41) is 9.67. The molecule has 2 heterocycles. The summed E-state index contributed by atoms with van der Waals surface area (Å²) in [5.41, 5.74) is 6.29. The van der Waals surface area contributed by atoms with E-state index >= 15 is 0 Å². The summed E-state index contributed by atoms with van der Waals surface area (Å²) in [4.78, 5) is 0. The maximum atomic E-state index is 4.16. The van der Waals surface area contributed by atoms with Gasteiger partial charge in [-0.3, -0.25) is 0 Å². The smallest absolute Gasteiger partial charge is 0.0405 e. The molecule has 8 aliphatic carbocycles. The largest absolute Gasteiger partial charge is 0.313 e. The van der Waals surface area contributed by atoms with Crippen LogP contribution in [0.4, 0.5) is 0 Å². The van der Waals surface area contributed by atoms with Crippen LogP contribution in [0.15, 0.2) is 48.5 Å². The van der Waals surface area contributed by atoms with Crippen molar-refractivity contribution < 1.29 is 0 Å². The molecule has 2 saturated heterocycles. The second kappa shape index (κ2) is 12.4. The van der Waals surface area contributed by atoms with E-state index in [1.165, 1.54) is 68.9 Å². The lowest BCUT2D eigenvalue weighted by atomic mass is 9.55. The Morgan fingerprint density at radius 1 is 0.604 bits per heavy atom. The minimum Gasteiger partial charge on any atom is -0.313 e. The predicted octanol–water partition coefficient (Wildman–Crippen LogP) is 10.6. The predicted molar refractivity (Wildman–Crippen MR) is 207 cm³/mol. The molecule has 48 heavy (non-hydrogen) atoms. The summed E-state index contributed by atoms with van der Waals surface area (Å²) in [5.74, 6) is 6.30. The van der Waals surface area contributed by atoms with E-state index in [1.54, 1.807) is 88.2 Å². The van der Waals surface area contributed by atoms with Crippen LogP contribution in [-0.4, -0.2) is 35.5 Å². The van der Waals surface area contributed by atoms with Gasteiger partial charge >= 0.3 is 0 Å². The normalized spacial score (nSPS) is 43.3. The number of rotatable bonds is 8. The van der Waals surface area contributed by atoms with E-state index in [0.29, 0.717) is 22.4 Å². The zero-order valence-corrected chi connectivity index (χ0v) is 31.7. The number of hydrogen-bond acceptors (Lipinski definition) is 2. The van der Waals surface area contributed by atoms with Gasteiger partial charge in [0.2, 0.25) is 0 Å². The molecule has 2 aromatic carbocycles. The van der Waals surface area contributed by atoms with Gasteiger partial charge in [-0.1, -0.05) is 63.2 Å². The average Bonchev–Trinajstić information content (AvgIpc) is 3.10. The van der Waals surface area contributed by atoms with Gasteiger partial charge in [0.1, 0.15) is 0 Å². The summed E-state index contributed by atoms with van der Waals surface area (Å²) >= 11 is 0. The van der Waals surface area contributed by atoms with Crippen molar-refractivity contribution in [2.24, 2.45) is 35.5 Å². The fraction of sp³-hybridized carbons (Fsp3) is 0.727. The van der Waals surface area contributed by atoms with Crippen molar-refractivity contribution in [1.29, 1.82) is 0 Å². The number of piperidine rings is 2. The van der Waals surface area contributed by atoms with Crippen LogP contribution in [0.25, 0.3) is 11.1 Å². The van der Waals surface area contributed by atoms with E-state index in [1.807, 2.05) is 0 Å². The van der Waals surface area contributed by atoms with Gasteiger partial charge in [0, 0.05) is 17.2 Å². The molecule has 3 unspecified atom stereocenters. The Balaban J connectivity index is 1.12. The first-order valence-electron chi connectivity index (χ1n) is 20.7. The Bertz CT molecular complexity index is 1340. The molecule has 0 radical (unpaired) electrons. The van der Waals surface area contributed by atoms with Crippen molar-refractivity contribution >= 4 is 17.2 Å². The molecule has 2 nitrogen and oxygen atoms in total. The molecule has 2 aromatic rings. The second-order valence-corrected chi connectivity index (χ2v) is 23.1. The van der Waals surface area contributed by atoms with Crippen LogP contribution in [0.5, 0.6) is 0 Å².